The molecule has 0 aliphatic carbocycles. The molecule has 2 aliphatic heterocycles. The molecule has 6 nitrogen and oxygen atoms in total. The summed E-state index contributed by atoms with van der Waals surface area (Å²) >= 11 is 0. The van der Waals surface area contributed by atoms with Crippen LogP contribution < -0.4 is 5.73 Å². The van der Waals surface area contributed by atoms with Crippen molar-refractivity contribution in [2.75, 3.05) is 26.2 Å². The monoisotopic (exact) mass is 345 g/mol. The number of benzene rings is 1. The summed E-state index contributed by atoms with van der Waals surface area (Å²) in [7, 11) is 0. The van der Waals surface area contributed by atoms with E-state index in [-0.39, 0.29) is 23.5 Å². The van der Waals surface area contributed by atoms with Gasteiger partial charge in [0.25, 0.3) is 0 Å². The van der Waals surface area contributed by atoms with Crippen LogP contribution in [0.1, 0.15) is 42.3 Å². The summed E-state index contributed by atoms with van der Waals surface area (Å²) in [4.78, 5) is 28.4. The second kappa shape index (κ2) is 6.77. The van der Waals surface area contributed by atoms with Gasteiger partial charge >= 0.3 is 0 Å². The van der Waals surface area contributed by atoms with E-state index in [4.69, 9.17) is 10.5 Å². The predicted molar refractivity (Wildman–Crippen MR) is 95.1 cm³/mol. The Balaban J connectivity index is 1.66. The highest BCUT2D eigenvalue weighted by Gasteiger charge is 2.34. The molecule has 3 rings (SSSR count). The number of nitrogens with zero attached hydrogens (tertiary/aromatic N) is 2. The summed E-state index contributed by atoms with van der Waals surface area (Å²) in [6, 6.07) is 5.65. The Hall–Kier alpha value is -1.92. The predicted octanol–water partition coefficient (Wildman–Crippen LogP) is 1.17. The number of rotatable bonds is 3. The molecular formula is C19H27N3O3. The summed E-state index contributed by atoms with van der Waals surface area (Å²) in [5, 5.41) is 0. The largest absolute Gasteiger partial charge is 0.369 e. The lowest BCUT2D eigenvalue weighted by Crippen LogP contribution is -2.55. The van der Waals surface area contributed by atoms with Crippen molar-refractivity contribution in [2.45, 2.75) is 45.4 Å². The van der Waals surface area contributed by atoms with Crippen molar-refractivity contribution in [3.05, 3.63) is 34.9 Å². The van der Waals surface area contributed by atoms with E-state index in [1.54, 1.807) is 6.07 Å². The van der Waals surface area contributed by atoms with Gasteiger partial charge in [0.05, 0.1) is 18.2 Å². The zero-order valence-corrected chi connectivity index (χ0v) is 15.2. The molecule has 1 unspecified atom stereocenters. The Bertz CT molecular complexity index is 686. The van der Waals surface area contributed by atoms with Gasteiger partial charge in [0.15, 0.2) is 0 Å². The quantitative estimate of drug-likeness (QED) is 0.892. The van der Waals surface area contributed by atoms with E-state index in [1.165, 1.54) is 0 Å². The fourth-order valence-corrected chi connectivity index (χ4v) is 3.97. The van der Waals surface area contributed by atoms with E-state index in [9.17, 15) is 9.59 Å². The lowest BCUT2D eigenvalue weighted by molar-refractivity contribution is -0.159. The lowest BCUT2D eigenvalue weighted by Gasteiger charge is -2.42. The summed E-state index contributed by atoms with van der Waals surface area (Å²) in [6.07, 6.45) is 0.792. The minimum atomic E-state index is -0.383. The van der Waals surface area contributed by atoms with Gasteiger partial charge in [0.2, 0.25) is 11.8 Å². The second-order valence-electron chi connectivity index (χ2n) is 7.73. The van der Waals surface area contributed by atoms with Gasteiger partial charge in [-0.05, 0) is 44.4 Å². The molecule has 0 radical (unpaired) electrons. The molecule has 2 amide bonds. The van der Waals surface area contributed by atoms with Crippen LogP contribution in [0, 0.1) is 0 Å². The van der Waals surface area contributed by atoms with E-state index < -0.39 is 0 Å². The number of carbonyl (C=O) groups excluding carboxylic acids is 2. The molecule has 2 N–H and O–H groups in total. The molecule has 1 aromatic carbocycles. The number of ether oxygens (including phenoxy) is 1. The Morgan fingerprint density at radius 3 is 2.80 bits per heavy atom. The fourth-order valence-electron chi connectivity index (χ4n) is 3.97. The Kier molecular flexibility index (Phi) is 4.84. The molecule has 0 bridgehead atoms. The molecule has 1 saturated heterocycles. The van der Waals surface area contributed by atoms with Crippen LogP contribution in [-0.2, 0) is 22.5 Å². The first kappa shape index (κ1) is 17.9. The minimum absolute atomic E-state index is 0.0490. The number of amides is 2. The molecule has 1 aromatic rings. The number of nitrogens with two attached hydrogens (primary N) is 1. The number of primary amides is 1. The third-order valence-electron chi connectivity index (χ3n) is 4.89. The number of morpholine rings is 1. The van der Waals surface area contributed by atoms with Gasteiger partial charge in [-0.2, -0.15) is 0 Å². The zero-order valence-electron chi connectivity index (χ0n) is 15.2. The molecular weight excluding hydrogens is 318 g/mol. The third kappa shape index (κ3) is 4.02. The molecule has 6 heteroatoms. The van der Waals surface area contributed by atoms with Gasteiger partial charge in [-0.1, -0.05) is 12.1 Å². The number of hydrogen-bond acceptors (Lipinski definition) is 4. The van der Waals surface area contributed by atoms with Gasteiger partial charge in [0.1, 0.15) is 0 Å². The molecule has 1 atom stereocenters. The van der Waals surface area contributed by atoms with E-state index in [2.05, 4.69) is 4.90 Å². The fraction of sp³-hybridized carbons (Fsp3) is 0.579. The SMILES string of the molecule is CC1CN(C(=O)CN2CCc3c(cccc3C(N)=O)C2)CC(C)(C)O1. The van der Waals surface area contributed by atoms with Gasteiger partial charge in [0, 0.05) is 31.7 Å². The van der Waals surface area contributed by atoms with Gasteiger partial charge in [-0.3, -0.25) is 14.5 Å². The Morgan fingerprint density at radius 2 is 2.12 bits per heavy atom. The van der Waals surface area contributed by atoms with Crippen LogP contribution >= 0.6 is 0 Å². The summed E-state index contributed by atoms with van der Waals surface area (Å²) < 4.78 is 5.87. The van der Waals surface area contributed by atoms with Crippen molar-refractivity contribution in [1.82, 2.24) is 9.80 Å². The highest BCUT2D eigenvalue weighted by Crippen LogP contribution is 2.24. The van der Waals surface area contributed by atoms with Crippen LogP contribution in [0.15, 0.2) is 18.2 Å². The number of hydrogen-bond donors (Lipinski definition) is 1. The van der Waals surface area contributed by atoms with Crippen molar-refractivity contribution in [3.63, 3.8) is 0 Å². The normalized spacial score (nSPS) is 23.2. The van der Waals surface area contributed by atoms with Gasteiger partial charge < -0.3 is 15.4 Å². The Labute approximate surface area is 148 Å². The number of fused-ring (bicyclic) bond motifs is 1. The standard InChI is InChI=1S/C19H27N3O3/c1-13-9-22(12-19(2,3)25-13)17(23)11-21-8-7-15-14(10-21)5-4-6-16(15)18(20)24/h4-6,13H,7-12H2,1-3H3,(H2,20,24). The van der Waals surface area contributed by atoms with Crippen LogP contribution in [0.2, 0.25) is 0 Å². The first-order valence-corrected chi connectivity index (χ1v) is 8.84. The average Bonchev–Trinajstić information content (AvgIpc) is 2.52. The van der Waals surface area contributed by atoms with Crippen molar-refractivity contribution in [3.8, 4) is 0 Å². The highest BCUT2D eigenvalue weighted by atomic mass is 16.5. The summed E-state index contributed by atoms with van der Waals surface area (Å²) in [5.74, 6) is -0.247. The second-order valence-corrected chi connectivity index (χ2v) is 7.73. The Morgan fingerprint density at radius 1 is 1.36 bits per heavy atom. The summed E-state index contributed by atoms with van der Waals surface area (Å²) in [5.41, 5.74) is 7.88. The van der Waals surface area contributed by atoms with Crippen molar-refractivity contribution >= 4 is 11.8 Å². The van der Waals surface area contributed by atoms with Crippen molar-refractivity contribution in [2.24, 2.45) is 5.73 Å². The van der Waals surface area contributed by atoms with Crippen LogP contribution in [-0.4, -0.2) is 59.5 Å². The van der Waals surface area contributed by atoms with Gasteiger partial charge in [-0.25, -0.2) is 0 Å². The molecule has 136 valence electrons. The average molecular weight is 345 g/mol. The van der Waals surface area contributed by atoms with Crippen LogP contribution in [0.4, 0.5) is 0 Å². The maximum absolute atomic E-state index is 12.7. The van der Waals surface area contributed by atoms with E-state index >= 15 is 0 Å². The molecule has 2 heterocycles. The van der Waals surface area contributed by atoms with E-state index in [0.29, 0.717) is 31.7 Å². The molecule has 0 spiro atoms. The molecule has 0 saturated carbocycles. The zero-order chi connectivity index (χ0) is 18.2. The number of carbonyl (C=O) groups is 2. The van der Waals surface area contributed by atoms with Crippen LogP contribution in [0.3, 0.4) is 0 Å². The van der Waals surface area contributed by atoms with Crippen molar-refractivity contribution in [1.29, 1.82) is 0 Å². The first-order valence-electron chi connectivity index (χ1n) is 8.84. The maximum Gasteiger partial charge on any atom is 0.248 e. The first-order chi connectivity index (χ1) is 11.7. The van der Waals surface area contributed by atoms with E-state index in [1.807, 2.05) is 37.8 Å². The van der Waals surface area contributed by atoms with Crippen molar-refractivity contribution < 1.29 is 14.3 Å². The molecule has 1 fully saturated rings. The molecule has 0 aromatic heterocycles. The molecule has 25 heavy (non-hydrogen) atoms. The topological polar surface area (TPSA) is 75.9 Å². The van der Waals surface area contributed by atoms with Gasteiger partial charge in [-0.15, -0.1) is 0 Å². The lowest BCUT2D eigenvalue weighted by atomic mass is 9.94. The minimum Gasteiger partial charge on any atom is -0.369 e. The third-order valence-corrected chi connectivity index (χ3v) is 4.89. The highest BCUT2D eigenvalue weighted by molar-refractivity contribution is 5.94. The van der Waals surface area contributed by atoms with E-state index in [0.717, 1.165) is 24.1 Å². The summed E-state index contributed by atoms with van der Waals surface area (Å²) in [6.45, 7) is 9.12. The maximum atomic E-state index is 12.7. The van der Waals surface area contributed by atoms with Crippen LogP contribution in [0.25, 0.3) is 0 Å². The van der Waals surface area contributed by atoms with Crippen LogP contribution in [0.5, 0.6) is 0 Å². The smallest absolute Gasteiger partial charge is 0.248 e. The molecule has 2 aliphatic rings.